The van der Waals surface area contributed by atoms with Crippen LogP contribution in [-0.4, -0.2) is 45.9 Å². The maximum absolute atomic E-state index is 12.0. The summed E-state index contributed by atoms with van der Waals surface area (Å²) in [7, 11) is -0.346. The summed E-state index contributed by atoms with van der Waals surface area (Å²) in [6.45, 7) is 3.46. The molecule has 0 aromatic carbocycles. The van der Waals surface area contributed by atoms with E-state index in [4.69, 9.17) is 6.42 Å². The van der Waals surface area contributed by atoms with E-state index in [-0.39, 0.29) is 24.0 Å². The summed E-state index contributed by atoms with van der Waals surface area (Å²) in [5, 5.41) is 6.04. The summed E-state index contributed by atoms with van der Waals surface area (Å²) >= 11 is 1.22. The van der Waals surface area contributed by atoms with E-state index < -0.39 is 10.0 Å². The third-order valence-electron chi connectivity index (χ3n) is 2.47. The standard InChI is InChI=1S/C13H20N4O2S2.HI/c1-5-9-15-13(14-6-2)16-10-11-7-8-12(20-11)21(18,19)17(3)4;/h1,7-8H,6,9-10H2,2-4H3,(H2,14,15,16);1H. The molecule has 1 aromatic heterocycles. The quantitative estimate of drug-likeness (QED) is 0.293. The van der Waals surface area contributed by atoms with E-state index in [0.29, 0.717) is 23.3 Å². The molecule has 22 heavy (non-hydrogen) atoms. The first-order valence-electron chi connectivity index (χ1n) is 6.38. The van der Waals surface area contributed by atoms with Crippen LogP contribution in [0.15, 0.2) is 21.3 Å². The fourth-order valence-corrected chi connectivity index (χ4v) is 3.84. The van der Waals surface area contributed by atoms with Crippen molar-refractivity contribution in [3.8, 4) is 12.3 Å². The van der Waals surface area contributed by atoms with Crippen LogP contribution in [0.1, 0.15) is 11.8 Å². The van der Waals surface area contributed by atoms with Gasteiger partial charge in [-0.2, -0.15) is 0 Å². The summed E-state index contributed by atoms with van der Waals surface area (Å²) in [6, 6.07) is 3.38. The van der Waals surface area contributed by atoms with Crippen LogP contribution in [0.3, 0.4) is 0 Å². The average Bonchev–Trinajstić information content (AvgIpc) is 2.91. The van der Waals surface area contributed by atoms with Gasteiger partial charge in [0.1, 0.15) is 4.21 Å². The molecule has 124 valence electrons. The predicted molar refractivity (Wildman–Crippen MR) is 102 cm³/mol. The van der Waals surface area contributed by atoms with Gasteiger partial charge in [-0.3, -0.25) is 0 Å². The van der Waals surface area contributed by atoms with Crippen molar-refractivity contribution in [2.45, 2.75) is 17.7 Å². The summed E-state index contributed by atoms with van der Waals surface area (Å²) in [5.41, 5.74) is 0. The molecule has 0 unspecified atom stereocenters. The molecule has 1 aromatic rings. The van der Waals surface area contributed by atoms with Gasteiger partial charge in [-0.05, 0) is 19.1 Å². The van der Waals surface area contributed by atoms with Crippen LogP contribution < -0.4 is 10.6 Å². The zero-order valence-corrected chi connectivity index (χ0v) is 16.8. The molecule has 0 aliphatic heterocycles. The van der Waals surface area contributed by atoms with Gasteiger partial charge in [0.15, 0.2) is 5.96 Å². The summed E-state index contributed by atoms with van der Waals surface area (Å²) in [6.07, 6.45) is 5.20. The largest absolute Gasteiger partial charge is 0.357 e. The molecule has 0 saturated heterocycles. The average molecular weight is 456 g/mol. The van der Waals surface area contributed by atoms with Gasteiger partial charge < -0.3 is 10.6 Å². The molecule has 0 radical (unpaired) electrons. The fourth-order valence-electron chi connectivity index (χ4n) is 1.40. The van der Waals surface area contributed by atoms with Crippen molar-refractivity contribution in [3.63, 3.8) is 0 Å². The smallest absolute Gasteiger partial charge is 0.252 e. The Morgan fingerprint density at radius 3 is 2.64 bits per heavy atom. The summed E-state index contributed by atoms with van der Waals surface area (Å²) < 4.78 is 25.5. The van der Waals surface area contributed by atoms with Crippen molar-refractivity contribution in [2.24, 2.45) is 4.99 Å². The zero-order valence-electron chi connectivity index (χ0n) is 12.8. The second-order valence-corrected chi connectivity index (χ2v) is 7.81. The van der Waals surface area contributed by atoms with Crippen molar-refractivity contribution in [1.82, 2.24) is 14.9 Å². The first-order chi connectivity index (χ1) is 9.91. The first-order valence-corrected chi connectivity index (χ1v) is 8.64. The number of nitrogens with zero attached hydrogens (tertiary/aromatic N) is 2. The van der Waals surface area contributed by atoms with Gasteiger partial charge in [0, 0.05) is 25.5 Å². The molecule has 1 rings (SSSR count). The SMILES string of the molecule is C#CCNC(=NCc1ccc(S(=O)(=O)N(C)C)s1)NCC.I. The normalized spacial score (nSPS) is 11.7. The van der Waals surface area contributed by atoms with Gasteiger partial charge in [0.25, 0.3) is 10.0 Å². The molecular weight excluding hydrogens is 435 g/mol. The van der Waals surface area contributed by atoms with Crippen LogP contribution in [0.25, 0.3) is 0 Å². The molecule has 1 heterocycles. The van der Waals surface area contributed by atoms with Crippen molar-refractivity contribution in [1.29, 1.82) is 0 Å². The highest BCUT2D eigenvalue weighted by molar-refractivity contribution is 14.0. The lowest BCUT2D eigenvalue weighted by atomic mass is 10.5. The Hall–Kier alpha value is -0.830. The highest BCUT2D eigenvalue weighted by Gasteiger charge is 2.19. The van der Waals surface area contributed by atoms with Crippen LogP contribution in [0.2, 0.25) is 0 Å². The number of rotatable bonds is 6. The molecular formula is C13H21IN4O2S2. The molecule has 0 saturated carbocycles. The third-order valence-corrected chi connectivity index (χ3v) is 5.82. The minimum absolute atomic E-state index is 0. The Morgan fingerprint density at radius 1 is 1.41 bits per heavy atom. The molecule has 2 N–H and O–H groups in total. The zero-order chi connectivity index (χ0) is 15.9. The number of guanidine groups is 1. The first kappa shape index (κ1) is 21.2. The number of thiophene rings is 1. The van der Waals surface area contributed by atoms with Gasteiger partial charge in [-0.25, -0.2) is 17.7 Å². The molecule has 0 amide bonds. The minimum atomic E-state index is -3.37. The van der Waals surface area contributed by atoms with Gasteiger partial charge in [0.05, 0.1) is 13.1 Å². The monoisotopic (exact) mass is 456 g/mol. The molecule has 0 aliphatic carbocycles. The van der Waals surface area contributed by atoms with Crippen LogP contribution in [-0.2, 0) is 16.6 Å². The van der Waals surface area contributed by atoms with E-state index in [1.165, 1.54) is 29.7 Å². The Morgan fingerprint density at radius 2 is 2.09 bits per heavy atom. The molecule has 9 heteroatoms. The van der Waals surface area contributed by atoms with Gasteiger partial charge in [-0.15, -0.1) is 41.7 Å². The lowest BCUT2D eigenvalue weighted by Crippen LogP contribution is -2.37. The Kier molecular flexibility index (Phi) is 9.66. The molecule has 0 atom stereocenters. The number of hydrogen-bond acceptors (Lipinski definition) is 4. The number of sulfonamides is 1. The lowest BCUT2D eigenvalue weighted by Gasteiger charge is -2.08. The number of nitrogens with one attached hydrogen (secondary N) is 2. The maximum atomic E-state index is 12.0. The molecule has 6 nitrogen and oxygen atoms in total. The predicted octanol–water partition coefficient (Wildman–Crippen LogP) is 1.30. The van der Waals surface area contributed by atoms with E-state index in [1.807, 2.05) is 6.92 Å². The van der Waals surface area contributed by atoms with Crippen LogP contribution in [0, 0.1) is 12.3 Å². The van der Waals surface area contributed by atoms with E-state index in [2.05, 4.69) is 21.5 Å². The summed E-state index contributed by atoms with van der Waals surface area (Å²) in [5.74, 6) is 3.09. The molecule has 0 bridgehead atoms. The van der Waals surface area contributed by atoms with E-state index in [1.54, 1.807) is 12.1 Å². The lowest BCUT2D eigenvalue weighted by molar-refractivity contribution is 0.523. The van der Waals surface area contributed by atoms with Gasteiger partial charge in [-0.1, -0.05) is 5.92 Å². The second-order valence-electron chi connectivity index (χ2n) is 4.26. The number of hydrogen-bond donors (Lipinski definition) is 2. The topological polar surface area (TPSA) is 73.8 Å². The van der Waals surface area contributed by atoms with E-state index in [0.717, 1.165) is 11.4 Å². The van der Waals surface area contributed by atoms with Crippen molar-refractivity contribution in [2.75, 3.05) is 27.2 Å². The highest BCUT2D eigenvalue weighted by atomic mass is 127. The van der Waals surface area contributed by atoms with E-state index in [9.17, 15) is 8.42 Å². The Balaban J connectivity index is 0.00000441. The van der Waals surface area contributed by atoms with E-state index >= 15 is 0 Å². The second kappa shape index (κ2) is 10.0. The minimum Gasteiger partial charge on any atom is -0.357 e. The number of aliphatic imine (C=N–C) groups is 1. The maximum Gasteiger partial charge on any atom is 0.252 e. The third kappa shape index (κ3) is 6.12. The van der Waals surface area contributed by atoms with Gasteiger partial charge in [0.2, 0.25) is 0 Å². The van der Waals surface area contributed by atoms with Crippen molar-refractivity contribution < 1.29 is 8.42 Å². The molecule has 0 spiro atoms. The number of terminal acetylenes is 1. The fraction of sp³-hybridized carbons (Fsp3) is 0.462. The van der Waals surface area contributed by atoms with Crippen molar-refractivity contribution in [3.05, 3.63) is 17.0 Å². The Labute approximate surface area is 153 Å². The highest BCUT2D eigenvalue weighted by Crippen LogP contribution is 2.24. The number of halogens is 1. The van der Waals surface area contributed by atoms with Gasteiger partial charge >= 0.3 is 0 Å². The molecule has 0 aliphatic rings. The van der Waals surface area contributed by atoms with Crippen LogP contribution in [0.5, 0.6) is 0 Å². The van der Waals surface area contributed by atoms with Crippen molar-refractivity contribution >= 4 is 51.3 Å². The Bertz CT molecular complexity index is 633. The molecule has 0 fully saturated rings. The summed E-state index contributed by atoms with van der Waals surface area (Å²) in [4.78, 5) is 5.23. The van der Waals surface area contributed by atoms with Crippen LogP contribution in [0.4, 0.5) is 0 Å². The van der Waals surface area contributed by atoms with Crippen LogP contribution >= 0.6 is 35.3 Å².